The van der Waals surface area contributed by atoms with Crippen molar-refractivity contribution in [2.45, 2.75) is 0 Å². The van der Waals surface area contributed by atoms with Crippen molar-refractivity contribution in [2.24, 2.45) is 5.11 Å². The van der Waals surface area contributed by atoms with E-state index in [-0.39, 0.29) is 4.99 Å². The minimum atomic E-state index is -0.213. The van der Waals surface area contributed by atoms with E-state index in [0.717, 1.165) is 0 Å². The van der Waals surface area contributed by atoms with Crippen molar-refractivity contribution in [1.82, 2.24) is 0 Å². The summed E-state index contributed by atoms with van der Waals surface area (Å²) in [4.78, 5) is 9.17. The summed E-state index contributed by atoms with van der Waals surface area (Å²) >= 11 is 4.13. The van der Waals surface area contributed by atoms with E-state index in [0.29, 0.717) is 6.29 Å². The number of rotatable bonds is 1. The molecule has 0 radical (unpaired) electrons. The maximum atomic E-state index is 9.38. The molecular formula is C2H2N2OS. The largest absolute Gasteiger partial charge is 0.295 e. The van der Waals surface area contributed by atoms with Gasteiger partial charge in [0.25, 0.3) is 0 Å². The molecule has 32 valence electrons. The van der Waals surface area contributed by atoms with Gasteiger partial charge in [-0.25, -0.2) is 5.53 Å². The van der Waals surface area contributed by atoms with Crippen LogP contribution in [0.3, 0.4) is 0 Å². The van der Waals surface area contributed by atoms with Gasteiger partial charge in [0.15, 0.2) is 11.3 Å². The summed E-state index contributed by atoms with van der Waals surface area (Å²) in [5.74, 6) is 0. The van der Waals surface area contributed by atoms with Gasteiger partial charge < -0.3 is 0 Å². The zero-order chi connectivity index (χ0) is 4.99. The first-order valence-corrected chi connectivity index (χ1v) is 1.58. The van der Waals surface area contributed by atoms with Crippen LogP contribution in [0.5, 0.6) is 0 Å². The number of thiocarbonyl (C=S) groups is 1. The lowest BCUT2D eigenvalue weighted by molar-refractivity contribution is -0.102. The molecule has 0 aliphatic heterocycles. The van der Waals surface area contributed by atoms with Gasteiger partial charge in [0.05, 0.1) is 0 Å². The fraction of sp³-hybridized carbons (Fsp3) is 0. The summed E-state index contributed by atoms with van der Waals surface area (Å²) < 4.78 is 0. The van der Waals surface area contributed by atoms with Crippen LogP contribution in [0.4, 0.5) is 0 Å². The first kappa shape index (κ1) is 5.36. The van der Waals surface area contributed by atoms with Crippen molar-refractivity contribution >= 4 is 23.5 Å². The third kappa shape index (κ3) is 1.66. The molecule has 0 aromatic heterocycles. The maximum absolute atomic E-state index is 9.38. The summed E-state index contributed by atoms with van der Waals surface area (Å²) in [7, 11) is 0. The second-order valence-corrected chi connectivity index (χ2v) is 0.986. The monoisotopic (exact) mass is 102 g/mol. The lowest BCUT2D eigenvalue weighted by atomic mass is 10.8. The molecule has 0 fully saturated rings. The van der Waals surface area contributed by atoms with Gasteiger partial charge in [-0.15, -0.1) is 5.11 Å². The number of hydrogen-bond donors (Lipinski definition) is 1. The van der Waals surface area contributed by atoms with E-state index in [9.17, 15) is 4.79 Å². The Morgan fingerprint density at radius 2 is 2.50 bits per heavy atom. The van der Waals surface area contributed by atoms with E-state index in [1.807, 2.05) is 0 Å². The normalized spacial score (nSPS) is 6.67. The molecule has 3 nitrogen and oxygen atoms in total. The van der Waals surface area contributed by atoms with E-state index in [1.165, 1.54) is 0 Å². The van der Waals surface area contributed by atoms with Gasteiger partial charge >= 0.3 is 0 Å². The Morgan fingerprint density at radius 3 is 2.50 bits per heavy atom. The quantitative estimate of drug-likeness (QED) is 0.298. The van der Waals surface area contributed by atoms with Crippen LogP contribution in [-0.4, -0.2) is 11.3 Å². The molecule has 0 saturated heterocycles. The lowest BCUT2D eigenvalue weighted by Gasteiger charge is -1.66. The second-order valence-electron chi connectivity index (χ2n) is 0.568. The zero-order valence-corrected chi connectivity index (χ0v) is 3.66. The molecule has 0 aliphatic rings. The van der Waals surface area contributed by atoms with Crippen LogP contribution in [0.2, 0.25) is 0 Å². The molecule has 0 aromatic carbocycles. The first-order valence-electron chi connectivity index (χ1n) is 1.18. The van der Waals surface area contributed by atoms with Crippen molar-refractivity contribution in [2.75, 3.05) is 0 Å². The summed E-state index contributed by atoms with van der Waals surface area (Å²) in [6.07, 6.45) is 0.350. The molecular weight excluding hydrogens is 100 g/mol. The number of nitrogens with zero attached hydrogens (tertiary/aromatic N) is 1. The second kappa shape index (κ2) is 2.59. The Labute approximate surface area is 39.9 Å². The minimum absolute atomic E-state index is 0.213. The Kier molecular flexibility index (Phi) is 2.31. The van der Waals surface area contributed by atoms with E-state index < -0.39 is 0 Å². The van der Waals surface area contributed by atoms with E-state index in [2.05, 4.69) is 17.3 Å². The van der Waals surface area contributed by atoms with Crippen LogP contribution in [0.15, 0.2) is 5.11 Å². The fourth-order valence-electron chi connectivity index (χ4n) is 0.0264. The van der Waals surface area contributed by atoms with Gasteiger partial charge in [0.1, 0.15) is 0 Å². The molecule has 0 saturated carbocycles. The molecule has 0 aromatic rings. The standard InChI is InChI=1S/C2H2N2OS/c3-4-2(6)1-5/h1,3H. The molecule has 0 bridgehead atoms. The van der Waals surface area contributed by atoms with E-state index in [1.54, 1.807) is 0 Å². The number of nitrogens with one attached hydrogen (secondary N) is 1. The van der Waals surface area contributed by atoms with Gasteiger partial charge in [-0.1, -0.05) is 12.2 Å². The highest BCUT2D eigenvalue weighted by Gasteiger charge is 1.79. The molecule has 0 atom stereocenters. The average Bonchev–Trinajstić information content (AvgIpc) is 1.65. The van der Waals surface area contributed by atoms with Crippen LogP contribution in [0, 0.1) is 5.53 Å². The third-order valence-corrected chi connectivity index (χ3v) is 0.399. The molecule has 0 rings (SSSR count). The Morgan fingerprint density at radius 1 is 2.00 bits per heavy atom. The summed E-state index contributed by atoms with van der Waals surface area (Å²) in [6.45, 7) is 0. The predicted octanol–water partition coefficient (Wildman–Crippen LogP) is 0.544. The van der Waals surface area contributed by atoms with Gasteiger partial charge in [-0.05, 0) is 0 Å². The highest BCUT2D eigenvalue weighted by molar-refractivity contribution is 7.81. The number of carbonyl (C=O) groups excluding carboxylic acids is 1. The Hall–Kier alpha value is -0.640. The summed E-state index contributed by atoms with van der Waals surface area (Å²) in [5.41, 5.74) is 6.06. The van der Waals surface area contributed by atoms with Gasteiger partial charge in [0, 0.05) is 0 Å². The fourth-order valence-corrected chi connectivity index (χ4v) is 0.0264. The van der Waals surface area contributed by atoms with E-state index >= 15 is 0 Å². The highest BCUT2D eigenvalue weighted by Crippen LogP contribution is 1.67. The summed E-state index contributed by atoms with van der Waals surface area (Å²) in [5, 5.41) is 2.62. The minimum Gasteiger partial charge on any atom is -0.295 e. The number of aldehydes is 1. The molecule has 1 N–H and O–H groups in total. The van der Waals surface area contributed by atoms with Gasteiger partial charge in [0.2, 0.25) is 0 Å². The molecule has 0 spiro atoms. The van der Waals surface area contributed by atoms with Crippen LogP contribution < -0.4 is 0 Å². The molecule has 6 heavy (non-hydrogen) atoms. The average molecular weight is 102 g/mol. The van der Waals surface area contributed by atoms with Crippen molar-refractivity contribution in [3.63, 3.8) is 0 Å². The van der Waals surface area contributed by atoms with Crippen LogP contribution in [0.1, 0.15) is 0 Å². The van der Waals surface area contributed by atoms with Gasteiger partial charge in [-0.3, -0.25) is 4.79 Å². The highest BCUT2D eigenvalue weighted by atomic mass is 32.1. The van der Waals surface area contributed by atoms with Crippen LogP contribution in [-0.2, 0) is 4.79 Å². The summed E-state index contributed by atoms with van der Waals surface area (Å²) in [6, 6.07) is 0. The maximum Gasteiger partial charge on any atom is 0.187 e. The Bertz CT molecular complexity index is 79.5. The van der Waals surface area contributed by atoms with Crippen molar-refractivity contribution in [3.05, 3.63) is 0 Å². The SMILES string of the molecule is N=NC(=S)C=O. The first-order chi connectivity index (χ1) is 2.81. The number of carbonyl (C=O) groups is 1. The topological polar surface area (TPSA) is 53.3 Å². The lowest BCUT2D eigenvalue weighted by Crippen LogP contribution is -1.84. The molecule has 0 heterocycles. The Balaban J connectivity index is 3.52. The smallest absolute Gasteiger partial charge is 0.187 e. The third-order valence-electron chi connectivity index (χ3n) is 0.211. The number of hydrogen-bond acceptors (Lipinski definition) is 3. The van der Waals surface area contributed by atoms with Crippen LogP contribution >= 0.6 is 12.2 Å². The van der Waals surface area contributed by atoms with Gasteiger partial charge in [-0.2, -0.15) is 0 Å². The van der Waals surface area contributed by atoms with Crippen molar-refractivity contribution in [3.8, 4) is 0 Å². The van der Waals surface area contributed by atoms with Crippen molar-refractivity contribution in [1.29, 1.82) is 5.53 Å². The predicted molar refractivity (Wildman–Crippen MR) is 23.8 cm³/mol. The molecule has 4 heteroatoms. The van der Waals surface area contributed by atoms with Crippen LogP contribution in [0.25, 0.3) is 0 Å². The zero-order valence-electron chi connectivity index (χ0n) is 2.84. The molecule has 0 unspecified atom stereocenters. The van der Waals surface area contributed by atoms with Crippen molar-refractivity contribution < 1.29 is 4.79 Å². The molecule has 0 amide bonds. The molecule has 0 aliphatic carbocycles. The van der Waals surface area contributed by atoms with E-state index in [4.69, 9.17) is 5.53 Å².